The molecule has 10 nitrogen and oxygen atoms in total. The molecule has 10 heteroatoms. The van der Waals surface area contributed by atoms with Crippen molar-refractivity contribution in [2.45, 2.75) is 91.0 Å². The van der Waals surface area contributed by atoms with Gasteiger partial charge in [0, 0.05) is 37.5 Å². The van der Waals surface area contributed by atoms with Crippen LogP contribution in [0.3, 0.4) is 0 Å². The topological polar surface area (TPSA) is 126 Å². The second-order valence-corrected chi connectivity index (χ2v) is 12.0. The van der Waals surface area contributed by atoms with Crippen LogP contribution in [0.25, 0.3) is 0 Å². The van der Waals surface area contributed by atoms with Crippen LogP contribution in [0, 0.1) is 10.8 Å². The molecule has 3 heterocycles. The number of β-amino-alcohol motifs (C(OH)–C–C–N with tert-alkyl or cyclic N) is 1. The lowest BCUT2D eigenvalue weighted by molar-refractivity contribution is -0.144. The van der Waals surface area contributed by atoms with E-state index in [1.54, 1.807) is 23.1 Å². The molecule has 2 aromatic rings. The summed E-state index contributed by atoms with van der Waals surface area (Å²) in [6.45, 7) is 12.0. The van der Waals surface area contributed by atoms with E-state index in [-0.39, 0.29) is 30.2 Å². The first-order chi connectivity index (χ1) is 16.4. The Morgan fingerprint density at radius 3 is 2.31 bits per heavy atom. The van der Waals surface area contributed by atoms with Gasteiger partial charge in [-0.15, -0.1) is 5.10 Å². The number of carbonyl (C=O) groups excluding carboxylic acids is 2. The van der Waals surface area contributed by atoms with Gasteiger partial charge in [0.05, 0.1) is 17.8 Å². The molecular formula is C25H37N7O3. The summed E-state index contributed by atoms with van der Waals surface area (Å²) in [5.74, 6) is 0.352. The number of amides is 2. The SMILES string of the molecule is CC(C)(C)C(NC(=O)[C@@H]1C[C@@H](O)CN1C(=O)[C@@H](n1cc(C2CC2)nn1)C(C)(C)C)c1ncccn1. The largest absolute Gasteiger partial charge is 0.391 e. The average molecular weight is 484 g/mol. The summed E-state index contributed by atoms with van der Waals surface area (Å²) in [7, 11) is 0. The van der Waals surface area contributed by atoms with E-state index in [9.17, 15) is 14.7 Å². The minimum atomic E-state index is -0.803. The molecule has 0 bridgehead atoms. The first-order valence-electron chi connectivity index (χ1n) is 12.3. The first-order valence-corrected chi connectivity index (χ1v) is 12.3. The second-order valence-electron chi connectivity index (χ2n) is 12.0. The summed E-state index contributed by atoms with van der Waals surface area (Å²) in [6, 6.07) is -0.188. The van der Waals surface area contributed by atoms with Crippen LogP contribution in [0.15, 0.2) is 24.7 Å². The maximum Gasteiger partial charge on any atom is 0.248 e. The maximum atomic E-state index is 13.9. The smallest absolute Gasteiger partial charge is 0.248 e. The number of nitrogens with one attached hydrogen (secondary N) is 1. The zero-order valence-corrected chi connectivity index (χ0v) is 21.5. The van der Waals surface area contributed by atoms with Crippen molar-refractivity contribution in [3.8, 4) is 0 Å². The molecule has 1 unspecified atom stereocenters. The Morgan fingerprint density at radius 1 is 1.09 bits per heavy atom. The van der Waals surface area contributed by atoms with Crippen LogP contribution in [-0.2, 0) is 9.59 Å². The Balaban J connectivity index is 1.59. The van der Waals surface area contributed by atoms with Crippen LogP contribution in [0.5, 0.6) is 0 Å². The van der Waals surface area contributed by atoms with E-state index < -0.39 is 29.6 Å². The first kappa shape index (κ1) is 25.2. The molecule has 35 heavy (non-hydrogen) atoms. The molecule has 4 atom stereocenters. The summed E-state index contributed by atoms with van der Waals surface area (Å²) in [5, 5.41) is 22.1. The van der Waals surface area contributed by atoms with Gasteiger partial charge in [-0.05, 0) is 29.7 Å². The molecule has 2 aromatic heterocycles. The third-order valence-electron chi connectivity index (χ3n) is 6.70. The Hall–Kier alpha value is -2.88. The fraction of sp³-hybridized carbons (Fsp3) is 0.680. The highest BCUT2D eigenvalue weighted by molar-refractivity contribution is 5.90. The molecule has 2 N–H and O–H groups in total. The Morgan fingerprint density at radius 2 is 1.74 bits per heavy atom. The monoisotopic (exact) mass is 483 g/mol. The number of hydrogen-bond donors (Lipinski definition) is 2. The second kappa shape index (κ2) is 9.29. The van der Waals surface area contributed by atoms with Crippen molar-refractivity contribution in [2.24, 2.45) is 10.8 Å². The van der Waals surface area contributed by atoms with Crippen molar-refractivity contribution in [1.29, 1.82) is 0 Å². The quantitative estimate of drug-likeness (QED) is 0.646. The Kier molecular flexibility index (Phi) is 6.70. The molecule has 2 aliphatic rings. The molecule has 1 aliphatic heterocycles. The fourth-order valence-corrected chi connectivity index (χ4v) is 4.69. The lowest BCUT2D eigenvalue weighted by atomic mass is 9.85. The molecular weight excluding hydrogens is 446 g/mol. The van der Waals surface area contributed by atoms with Gasteiger partial charge in [0.2, 0.25) is 11.8 Å². The van der Waals surface area contributed by atoms with Crippen LogP contribution < -0.4 is 5.32 Å². The highest BCUT2D eigenvalue weighted by Gasteiger charge is 2.46. The van der Waals surface area contributed by atoms with Crippen molar-refractivity contribution in [1.82, 2.24) is 35.2 Å². The molecule has 4 rings (SSSR count). The number of likely N-dealkylation sites (tertiary alicyclic amines) is 1. The summed E-state index contributed by atoms with van der Waals surface area (Å²) in [4.78, 5) is 37.6. The number of aliphatic hydroxyl groups is 1. The molecule has 0 aromatic carbocycles. The van der Waals surface area contributed by atoms with Gasteiger partial charge in [0.15, 0.2) is 5.82 Å². The predicted octanol–water partition coefficient (Wildman–Crippen LogP) is 2.40. The fourth-order valence-electron chi connectivity index (χ4n) is 4.69. The zero-order chi connectivity index (χ0) is 25.5. The lowest BCUT2D eigenvalue weighted by Gasteiger charge is -2.36. The minimum Gasteiger partial charge on any atom is -0.391 e. The van der Waals surface area contributed by atoms with E-state index in [0.29, 0.717) is 11.7 Å². The van der Waals surface area contributed by atoms with E-state index >= 15 is 0 Å². The molecule has 1 aliphatic carbocycles. The van der Waals surface area contributed by atoms with Gasteiger partial charge < -0.3 is 15.3 Å². The van der Waals surface area contributed by atoms with E-state index in [4.69, 9.17) is 0 Å². The summed E-state index contributed by atoms with van der Waals surface area (Å²) < 4.78 is 1.63. The van der Waals surface area contributed by atoms with Crippen LogP contribution >= 0.6 is 0 Å². The van der Waals surface area contributed by atoms with Gasteiger partial charge in [-0.25, -0.2) is 14.6 Å². The number of rotatable bonds is 6. The highest BCUT2D eigenvalue weighted by Crippen LogP contribution is 2.40. The Bertz CT molecular complexity index is 1050. The van der Waals surface area contributed by atoms with Gasteiger partial charge in [-0.1, -0.05) is 46.8 Å². The molecule has 1 saturated carbocycles. The van der Waals surface area contributed by atoms with Gasteiger partial charge >= 0.3 is 0 Å². The molecule has 190 valence electrons. The minimum absolute atomic E-state index is 0.0930. The van der Waals surface area contributed by atoms with Crippen molar-refractivity contribution >= 4 is 11.8 Å². The van der Waals surface area contributed by atoms with Gasteiger partial charge in [0.25, 0.3) is 0 Å². The van der Waals surface area contributed by atoms with E-state index in [2.05, 4.69) is 25.6 Å². The van der Waals surface area contributed by atoms with Gasteiger partial charge in [0.1, 0.15) is 12.1 Å². The number of aromatic nitrogens is 5. The van der Waals surface area contributed by atoms with Gasteiger partial charge in [-0.3, -0.25) is 9.59 Å². The van der Waals surface area contributed by atoms with Crippen molar-refractivity contribution in [2.75, 3.05) is 6.54 Å². The van der Waals surface area contributed by atoms with Crippen LogP contribution in [0.2, 0.25) is 0 Å². The van der Waals surface area contributed by atoms with E-state index in [1.165, 1.54) is 4.90 Å². The number of hydrogen-bond acceptors (Lipinski definition) is 7. The normalized spacial score (nSPS) is 22.7. The van der Waals surface area contributed by atoms with Crippen LogP contribution in [0.1, 0.15) is 90.3 Å². The van der Waals surface area contributed by atoms with Crippen LogP contribution in [0.4, 0.5) is 0 Å². The average Bonchev–Trinajstić information content (AvgIpc) is 3.38. The van der Waals surface area contributed by atoms with Crippen molar-refractivity contribution in [3.63, 3.8) is 0 Å². The maximum absolute atomic E-state index is 13.9. The summed E-state index contributed by atoms with van der Waals surface area (Å²) >= 11 is 0. The molecule has 0 radical (unpaired) electrons. The molecule has 0 spiro atoms. The van der Waals surface area contributed by atoms with Gasteiger partial charge in [-0.2, -0.15) is 0 Å². The lowest BCUT2D eigenvalue weighted by Crippen LogP contribution is -2.52. The number of nitrogens with zero attached hydrogens (tertiary/aromatic N) is 6. The molecule has 2 fully saturated rings. The van der Waals surface area contributed by atoms with Crippen molar-refractivity contribution < 1.29 is 14.7 Å². The standard InChI is InChI=1S/C25H37N7O3/c1-24(2,3)19(21-26-10-7-11-27-21)28-22(34)18-12-16(33)13-31(18)23(35)20(25(4,5)6)32-14-17(29-30-32)15-8-9-15/h7,10-11,14-16,18-20,33H,8-9,12-13H2,1-6H3,(H,28,34)/t16-,18+,19?,20-/m1/s1. The van der Waals surface area contributed by atoms with Crippen molar-refractivity contribution in [3.05, 3.63) is 36.2 Å². The van der Waals surface area contributed by atoms with Crippen LogP contribution in [-0.4, -0.2) is 65.5 Å². The predicted molar refractivity (Wildman–Crippen MR) is 129 cm³/mol. The number of aliphatic hydroxyl groups excluding tert-OH is 1. The summed E-state index contributed by atoms with van der Waals surface area (Å²) in [6.07, 6.45) is 6.71. The summed E-state index contributed by atoms with van der Waals surface area (Å²) in [5.41, 5.74) is 0.0573. The third kappa shape index (κ3) is 5.52. The molecule has 2 amide bonds. The Labute approximate surface area is 206 Å². The number of carbonyl (C=O) groups is 2. The third-order valence-corrected chi connectivity index (χ3v) is 6.70. The molecule has 1 saturated heterocycles. The highest BCUT2D eigenvalue weighted by atomic mass is 16.3. The zero-order valence-electron chi connectivity index (χ0n) is 21.5. The van der Waals surface area contributed by atoms with E-state index in [1.807, 2.05) is 47.7 Å². The van der Waals surface area contributed by atoms with E-state index in [0.717, 1.165) is 18.5 Å².